The van der Waals surface area contributed by atoms with Gasteiger partial charge in [-0.3, -0.25) is 4.90 Å². The zero-order chi connectivity index (χ0) is 13.2. The van der Waals surface area contributed by atoms with Crippen molar-refractivity contribution in [3.05, 3.63) is 0 Å². The summed E-state index contributed by atoms with van der Waals surface area (Å²) in [5.41, 5.74) is 6.19. The van der Waals surface area contributed by atoms with Crippen molar-refractivity contribution < 1.29 is 9.47 Å². The maximum atomic E-state index is 6.14. The highest BCUT2D eigenvalue weighted by Crippen LogP contribution is 2.36. The van der Waals surface area contributed by atoms with E-state index >= 15 is 0 Å². The number of morpholine rings is 1. The van der Waals surface area contributed by atoms with E-state index < -0.39 is 0 Å². The molecule has 4 heteroatoms. The fourth-order valence-electron chi connectivity index (χ4n) is 3.42. The van der Waals surface area contributed by atoms with E-state index in [-0.39, 0.29) is 11.1 Å². The minimum Gasteiger partial charge on any atom is -0.376 e. The first-order valence-electron chi connectivity index (χ1n) is 7.22. The number of hydrogen-bond acceptors (Lipinski definition) is 4. The Bertz CT molecular complexity index is 283. The van der Waals surface area contributed by atoms with Gasteiger partial charge in [0, 0.05) is 31.8 Å². The summed E-state index contributed by atoms with van der Waals surface area (Å²) < 4.78 is 11.6. The largest absolute Gasteiger partial charge is 0.376 e. The number of rotatable bonds is 3. The molecule has 2 saturated heterocycles. The van der Waals surface area contributed by atoms with E-state index in [4.69, 9.17) is 15.2 Å². The van der Waals surface area contributed by atoms with Crippen molar-refractivity contribution in [2.24, 2.45) is 5.73 Å². The molecule has 0 radical (unpaired) electrons. The van der Waals surface area contributed by atoms with Crippen molar-refractivity contribution in [1.82, 2.24) is 4.90 Å². The molecular weight excluding hydrogens is 228 g/mol. The molecule has 2 fully saturated rings. The SMILES string of the molecule is CCC1CN(C2(CN)CCOC(C)(C)C2)CCO1. The molecule has 106 valence electrons. The van der Waals surface area contributed by atoms with Gasteiger partial charge in [-0.1, -0.05) is 6.92 Å². The van der Waals surface area contributed by atoms with Crippen molar-refractivity contribution in [3.63, 3.8) is 0 Å². The van der Waals surface area contributed by atoms with Crippen LogP contribution in [-0.4, -0.2) is 55.0 Å². The molecule has 18 heavy (non-hydrogen) atoms. The van der Waals surface area contributed by atoms with E-state index in [1.807, 2.05) is 0 Å². The maximum absolute atomic E-state index is 6.14. The fourth-order valence-corrected chi connectivity index (χ4v) is 3.42. The Balaban J connectivity index is 2.11. The molecule has 2 aliphatic rings. The summed E-state index contributed by atoms with van der Waals surface area (Å²) >= 11 is 0. The molecule has 0 saturated carbocycles. The molecule has 2 unspecified atom stereocenters. The highest BCUT2D eigenvalue weighted by Gasteiger charge is 2.45. The van der Waals surface area contributed by atoms with E-state index in [9.17, 15) is 0 Å². The van der Waals surface area contributed by atoms with Crippen LogP contribution in [0.4, 0.5) is 0 Å². The summed E-state index contributed by atoms with van der Waals surface area (Å²) in [4.78, 5) is 2.56. The Hall–Kier alpha value is -0.160. The summed E-state index contributed by atoms with van der Waals surface area (Å²) in [7, 11) is 0. The van der Waals surface area contributed by atoms with Gasteiger partial charge in [0.1, 0.15) is 0 Å². The molecular formula is C14H28N2O2. The summed E-state index contributed by atoms with van der Waals surface area (Å²) in [6.45, 7) is 10.9. The van der Waals surface area contributed by atoms with Crippen LogP contribution in [0, 0.1) is 0 Å². The number of hydrogen-bond donors (Lipinski definition) is 1. The van der Waals surface area contributed by atoms with E-state index in [1.54, 1.807) is 0 Å². The van der Waals surface area contributed by atoms with E-state index in [0.29, 0.717) is 6.10 Å². The normalized spacial score (nSPS) is 37.7. The molecule has 0 bridgehead atoms. The average molecular weight is 256 g/mol. The Morgan fingerprint density at radius 2 is 2.11 bits per heavy atom. The average Bonchev–Trinajstić information content (AvgIpc) is 2.37. The third-order valence-electron chi connectivity index (χ3n) is 4.46. The van der Waals surface area contributed by atoms with Gasteiger partial charge in [-0.2, -0.15) is 0 Å². The molecule has 0 spiro atoms. The van der Waals surface area contributed by atoms with E-state index in [1.165, 1.54) is 0 Å². The molecule has 2 rings (SSSR count). The summed E-state index contributed by atoms with van der Waals surface area (Å²) in [5, 5.41) is 0. The Labute approximate surface area is 111 Å². The standard InChI is InChI=1S/C14H28N2O2/c1-4-12-9-16(6-8-17-12)14(11-15)5-7-18-13(2,3)10-14/h12H,4-11,15H2,1-3H3. The van der Waals surface area contributed by atoms with Crippen LogP contribution in [-0.2, 0) is 9.47 Å². The monoisotopic (exact) mass is 256 g/mol. The van der Waals surface area contributed by atoms with Gasteiger partial charge in [-0.15, -0.1) is 0 Å². The van der Waals surface area contributed by atoms with Crippen molar-refractivity contribution in [2.75, 3.05) is 32.8 Å². The minimum absolute atomic E-state index is 0.0579. The third kappa shape index (κ3) is 2.87. The maximum Gasteiger partial charge on any atom is 0.0700 e. The first-order valence-corrected chi connectivity index (χ1v) is 7.22. The van der Waals surface area contributed by atoms with Crippen LogP contribution in [0.5, 0.6) is 0 Å². The second-order valence-corrected chi connectivity index (χ2v) is 6.31. The van der Waals surface area contributed by atoms with Crippen LogP contribution in [0.3, 0.4) is 0 Å². The Morgan fingerprint density at radius 3 is 2.72 bits per heavy atom. The number of nitrogens with two attached hydrogens (primary N) is 1. The zero-order valence-corrected chi connectivity index (χ0v) is 12.1. The van der Waals surface area contributed by atoms with Crippen LogP contribution >= 0.6 is 0 Å². The predicted molar refractivity (Wildman–Crippen MR) is 72.7 cm³/mol. The third-order valence-corrected chi connectivity index (χ3v) is 4.46. The number of ether oxygens (including phenoxy) is 2. The van der Waals surface area contributed by atoms with Crippen LogP contribution in [0.15, 0.2) is 0 Å². The van der Waals surface area contributed by atoms with Gasteiger partial charge in [-0.25, -0.2) is 0 Å². The molecule has 0 aliphatic carbocycles. The van der Waals surface area contributed by atoms with Crippen LogP contribution < -0.4 is 5.73 Å². The van der Waals surface area contributed by atoms with Crippen molar-refractivity contribution in [2.45, 2.75) is 57.3 Å². The molecule has 4 nitrogen and oxygen atoms in total. The van der Waals surface area contributed by atoms with Gasteiger partial charge in [0.25, 0.3) is 0 Å². The first-order chi connectivity index (χ1) is 8.51. The molecule has 2 aliphatic heterocycles. The molecule has 0 aromatic rings. The molecule has 2 atom stereocenters. The molecule has 0 amide bonds. The van der Waals surface area contributed by atoms with Gasteiger partial charge in [0.05, 0.1) is 18.3 Å². The van der Waals surface area contributed by atoms with Gasteiger partial charge < -0.3 is 15.2 Å². The van der Waals surface area contributed by atoms with Gasteiger partial charge in [0.15, 0.2) is 0 Å². The highest BCUT2D eigenvalue weighted by molar-refractivity contribution is 5.00. The topological polar surface area (TPSA) is 47.7 Å². The lowest BCUT2D eigenvalue weighted by molar-refractivity contribution is -0.144. The Kier molecular flexibility index (Phi) is 4.32. The van der Waals surface area contributed by atoms with Crippen LogP contribution in [0.25, 0.3) is 0 Å². The minimum atomic E-state index is -0.0579. The van der Waals surface area contributed by atoms with Crippen LogP contribution in [0.1, 0.15) is 40.0 Å². The Morgan fingerprint density at radius 1 is 1.33 bits per heavy atom. The molecule has 0 aromatic carbocycles. The lowest BCUT2D eigenvalue weighted by atomic mass is 9.79. The quantitative estimate of drug-likeness (QED) is 0.829. The molecule has 0 aromatic heterocycles. The van der Waals surface area contributed by atoms with Gasteiger partial charge in [-0.05, 0) is 33.1 Å². The zero-order valence-electron chi connectivity index (χ0n) is 12.1. The van der Waals surface area contributed by atoms with Crippen molar-refractivity contribution in [3.8, 4) is 0 Å². The second kappa shape index (κ2) is 5.45. The van der Waals surface area contributed by atoms with Crippen LogP contribution in [0.2, 0.25) is 0 Å². The van der Waals surface area contributed by atoms with E-state index in [2.05, 4.69) is 25.7 Å². The van der Waals surface area contributed by atoms with Gasteiger partial charge in [0.2, 0.25) is 0 Å². The summed E-state index contributed by atoms with van der Waals surface area (Å²) in [5.74, 6) is 0. The summed E-state index contributed by atoms with van der Waals surface area (Å²) in [6.07, 6.45) is 3.51. The predicted octanol–water partition coefficient (Wildman–Crippen LogP) is 1.38. The van der Waals surface area contributed by atoms with Gasteiger partial charge >= 0.3 is 0 Å². The summed E-state index contributed by atoms with van der Waals surface area (Å²) in [6, 6.07) is 0. The van der Waals surface area contributed by atoms with E-state index in [0.717, 1.165) is 52.1 Å². The van der Waals surface area contributed by atoms with Crippen molar-refractivity contribution in [1.29, 1.82) is 0 Å². The fraction of sp³-hybridized carbons (Fsp3) is 1.00. The lowest BCUT2D eigenvalue weighted by Crippen LogP contribution is -2.64. The highest BCUT2D eigenvalue weighted by atomic mass is 16.5. The number of nitrogens with zero attached hydrogens (tertiary/aromatic N) is 1. The second-order valence-electron chi connectivity index (χ2n) is 6.31. The first kappa shape index (κ1) is 14.3. The molecule has 2 heterocycles. The lowest BCUT2D eigenvalue weighted by Gasteiger charge is -2.52. The van der Waals surface area contributed by atoms with Crippen molar-refractivity contribution >= 4 is 0 Å². The smallest absolute Gasteiger partial charge is 0.0700 e. The molecule has 2 N–H and O–H groups in total.